The van der Waals surface area contributed by atoms with Gasteiger partial charge in [0.05, 0.1) is 21.6 Å². The Balaban J connectivity index is 1.22. The highest BCUT2D eigenvalue weighted by atomic mass is 32.1. The lowest BCUT2D eigenvalue weighted by atomic mass is 9.45. The summed E-state index contributed by atoms with van der Waals surface area (Å²) in [7, 11) is 0. The summed E-state index contributed by atoms with van der Waals surface area (Å²) in [5, 5.41) is 7.08. The van der Waals surface area contributed by atoms with Crippen LogP contribution in [-0.2, 0) is 5.41 Å². The predicted molar refractivity (Wildman–Crippen MR) is 254 cm³/mol. The highest BCUT2D eigenvalue weighted by Crippen LogP contribution is 2.54. The number of fused-ring (bicyclic) bond motifs is 16. The first-order valence-electron chi connectivity index (χ1n) is 20.8. The van der Waals surface area contributed by atoms with Gasteiger partial charge in [-0.05, 0) is 81.6 Å². The highest BCUT2D eigenvalue weighted by Gasteiger charge is 2.45. The summed E-state index contributed by atoms with van der Waals surface area (Å²) in [6, 6.07) is 58.1. The minimum atomic E-state index is -0.154. The molecule has 0 spiro atoms. The molecule has 282 valence electrons. The van der Waals surface area contributed by atoms with Gasteiger partial charge in [-0.2, -0.15) is 0 Å². The van der Waals surface area contributed by atoms with Crippen LogP contribution in [0.4, 0.5) is 17.1 Å². The van der Waals surface area contributed by atoms with Crippen LogP contribution in [0.2, 0.25) is 0 Å². The van der Waals surface area contributed by atoms with E-state index in [4.69, 9.17) is 8.83 Å². The Kier molecular flexibility index (Phi) is 6.24. The van der Waals surface area contributed by atoms with Gasteiger partial charge < -0.3 is 18.2 Å². The minimum absolute atomic E-state index is 0.0414. The molecule has 2 aliphatic heterocycles. The average Bonchev–Trinajstić information content (AvgIpc) is 4.03. The molecule has 0 saturated heterocycles. The van der Waals surface area contributed by atoms with Gasteiger partial charge in [0.1, 0.15) is 16.7 Å². The van der Waals surface area contributed by atoms with Gasteiger partial charge in [-0.1, -0.05) is 124 Å². The second-order valence-corrected chi connectivity index (χ2v) is 18.7. The Labute approximate surface area is 349 Å². The largest absolute Gasteiger partial charge is 0.456 e. The summed E-state index contributed by atoms with van der Waals surface area (Å²) in [6.45, 7) is 6.76. The fourth-order valence-corrected chi connectivity index (χ4v) is 11.9. The minimum Gasteiger partial charge on any atom is -0.456 e. The van der Waals surface area contributed by atoms with E-state index in [1.165, 1.54) is 70.1 Å². The third-order valence-electron chi connectivity index (χ3n) is 13.3. The summed E-state index contributed by atoms with van der Waals surface area (Å²) < 4.78 is 18.8. The quantitative estimate of drug-likeness (QED) is 0.164. The topological polar surface area (TPSA) is 34.5 Å². The maximum Gasteiger partial charge on any atom is 0.333 e. The molecule has 6 heteroatoms. The molecule has 60 heavy (non-hydrogen) atoms. The van der Waals surface area contributed by atoms with Crippen LogP contribution in [-0.4, -0.2) is 11.3 Å². The maximum absolute atomic E-state index is 6.84. The van der Waals surface area contributed by atoms with Crippen molar-refractivity contribution in [2.24, 2.45) is 0 Å². The number of hydrogen-bond acceptors (Lipinski definition) is 4. The van der Waals surface area contributed by atoms with Crippen LogP contribution < -0.4 is 15.8 Å². The van der Waals surface area contributed by atoms with Crippen LogP contribution in [0.25, 0.3) is 97.3 Å². The van der Waals surface area contributed by atoms with E-state index in [0.717, 1.165) is 60.8 Å². The van der Waals surface area contributed by atoms with Gasteiger partial charge in [-0.25, -0.2) is 0 Å². The Morgan fingerprint density at radius 3 is 2.08 bits per heavy atom. The normalized spacial score (nSPS) is 13.5. The van der Waals surface area contributed by atoms with E-state index in [1.807, 2.05) is 11.3 Å². The molecular formula is C54H35BN2O2S. The van der Waals surface area contributed by atoms with Crippen molar-refractivity contribution in [3.05, 3.63) is 163 Å². The fraction of sp³-hybridized carbons (Fsp3) is 0.0741. The molecule has 14 rings (SSSR count). The van der Waals surface area contributed by atoms with Crippen LogP contribution in [0.3, 0.4) is 0 Å². The number of thiophene rings is 1. The number of anilines is 3. The molecule has 0 fully saturated rings. The van der Waals surface area contributed by atoms with Crippen molar-refractivity contribution in [2.75, 3.05) is 4.90 Å². The molecule has 0 N–H and O–H groups in total. The van der Waals surface area contributed by atoms with Gasteiger partial charge in [0.15, 0.2) is 5.58 Å². The van der Waals surface area contributed by atoms with Gasteiger partial charge in [-0.15, -0.1) is 11.3 Å². The standard InChI is InChI=1S/C54H35BN2O2S/c1-54(2,3)31-24-25-42(37(26-31)30-14-5-4-6-15-30)56-43-29-46-38(32-16-7-10-21-44(32)58-46)28-41(43)55-48-39(27-40-33-17-9-12-23-47(33)60-53(40)51(48)56)34-19-13-20-36-49(34)57(55)50-35-18-8-11-22-45(35)59-52(36)50/h4-29H,1-3H3. The summed E-state index contributed by atoms with van der Waals surface area (Å²) >= 11 is 1.90. The number of benzene rings is 8. The zero-order valence-electron chi connectivity index (χ0n) is 33.2. The lowest BCUT2D eigenvalue weighted by molar-refractivity contribution is 0.590. The fourth-order valence-electron chi connectivity index (χ4n) is 10.6. The van der Waals surface area contributed by atoms with Gasteiger partial charge in [0, 0.05) is 65.4 Å². The zero-order valence-corrected chi connectivity index (χ0v) is 34.0. The Morgan fingerprint density at radius 1 is 0.517 bits per heavy atom. The van der Waals surface area contributed by atoms with Gasteiger partial charge in [0.25, 0.3) is 0 Å². The van der Waals surface area contributed by atoms with E-state index >= 15 is 0 Å². The molecule has 0 unspecified atom stereocenters. The summed E-state index contributed by atoms with van der Waals surface area (Å²) in [4.78, 5) is 2.60. The lowest BCUT2D eigenvalue weighted by Crippen LogP contribution is -2.56. The van der Waals surface area contributed by atoms with Crippen molar-refractivity contribution in [3.63, 3.8) is 0 Å². The van der Waals surface area contributed by atoms with E-state index in [2.05, 4.69) is 188 Å². The molecule has 0 bridgehead atoms. The van der Waals surface area contributed by atoms with E-state index in [0.29, 0.717) is 0 Å². The number of rotatable bonds is 2. The van der Waals surface area contributed by atoms with Crippen molar-refractivity contribution in [1.82, 2.24) is 4.48 Å². The van der Waals surface area contributed by atoms with Crippen molar-refractivity contribution in [2.45, 2.75) is 26.2 Å². The van der Waals surface area contributed by atoms with Crippen LogP contribution in [0.15, 0.2) is 167 Å². The van der Waals surface area contributed by atoms with Gasteiger partial charge in [-0.3, -0.25) is 0 Å². The molecule has 0 atom stereocenters. The molecule has 6 heterocycles. The molecule has 0 aliphatic carbocycles. The van der Waals surface area contributed by atoms with Crippen molar-refractivity contribution in [1.29, 1.82) is 0 Å². The first-order valence-corrected chi connectivity index (χ1v) is 21.6. The van der Waals surface area contributed by atoms with Gasteiger partial charge in [0.2, 0.25) is 0 Å². The van der Waals surface area contributed by atoms with Crippen molar-refractivity contribution in [3.8, 4) is 22.3 Å². The molecule has 8 aromatic carbocycles. The second kappa shape index (κ2) is 11.4. The lowest BCUT2D eigenvalue weighted by Gasteiger charge is -2.41. The molecular weight excluding hydrogens is 751 g/mol. The SMILES string of the molecule is CC(C)(C)c1ccc(N2c3cc4oc5ccccc5c4cc3B3c4c(cc5c(sc6ccccc65)c42)-c2cccc4c5oc6ccccc6c5n3c24)c(-c2ccccc2)c1. The number of nitrogens with zero attached hydrogens (tertiary/aromatic N) is 2. The summed E-state index contributed by atoms with van der Waals surface area (Å²) in [5.74, 6) is 0. The van der Waals surface area contributed by atoms with Crippen molar-refractivity contribution < 1.29 is 8.83 Å². The summed E-state index contributed by atoms with van der Waals surface area (Å²) in [6.07, 6.45) is 0. The molecule has 2 aliphatic rings. The third kappa shape index (κ3) is 4.16. The zero-order chi connectivity index (χ0) is 39.6. The van der Waals surface area contributed by atoms with E-state index in [1.54, 1.807) is 0 Å². The Bertz CT molecular complexity index is 3840. The van der Waals surface area contributed by atoms with Crippen LogP contribution >= 0.6 is 11.3 Å². The van der Waals surface area contributed by atoms with Gasteiger partial charge >= 0.3 is 6.85 Å². The first kappa shape index (κ1) is 32.9. The Hall–Kier alpha value is -7.02. The molecule has 0 amide bonds. The number of aromatic nitrogens is 1. The highest BCUT2D eigenvalue weighted by molar-refractivity contribution is 7.26. The smallest absolute Gasteiger partial charge is 0.333 e. The maximum atomic E-state index is 6.84. The summed E-state index contributed by atoms with van der Waals surface area (Å²) in [5.41, 5.74) is 18.2. The number of para-hydroxylation sites is 3. The first-order chi connectivity index (χ1) is 29.4. The number of hydrogen-bond donors (Lipinski definition) is 0. The van der Waals surface area contributed by atoms with Crippen LogP contribution in [0, 0.1) is 0 Å². The molecule has 0 radical (unpaired) electrons. The van der Waals surface area contributed by atoms with E-state index < -0.39 is 0 Å². The second-order valence-electron chi connectivity index (χ2n) is 17.6. The Morgan fingerprint density at radius 2 is 1.25 bits per heavy atom. The number of furan rings is 2. The molecule has 0 saturated carbocycles. The predicted octanol–water partition coefficient (Wildman–Crippen LogP) is 14.2. The molecule has 12 aromatic rings. The van der Waals surface area contributed by atoms with Crippen LogP contribution in [0.5, 0.6) is 0 Å². The third-order valence-corrected chi connectivity index (χ3v) is 14.5. The van der Waals surface area contributed by atoms with E-state index in [-0.39, 0.29) is 12.3 Å². The molecule has 4 nitrogen and oxygen atoms in total. The van der Waals surface area contributed by atoms with Crippen LogP contribution in [0.1, 0.15) is 26.3 Å². The monoisotopic (exact) mass is 786 g/mol. The molecule has 4 aromatic heterocycles. The van der Waals surface area contributed by atoms with E-state index in [9.17, 15) is 0 Å². The van der Waals surface area contributed by atoms with Crippen molar-refractivity contribution >= 4 is 121 Å². The average molecular weight is 787 g/mol.